The lowest BCUT2D eigenvalue weighted by Gasteiger charge is -2.08. The molecule has 0 bridgehead atoms. The minimum absolute atomic E-state index is 0.140. The molecule has 1 aliphatic carbocycles. The van der Waals surface area contributed by atoms with Crippen LogP contribution >= 0.6 is 15.9 Å². The SMILES string of the molecule is O=C(CC1C=CCC1)NCc1cccc(Br)c1. The van der Waals surface area contributed by atoms with Crippen LogP contribution in [0.1, 0.15) is 24.8 Å². The van der Waals surface area contributed by atoms with Gasteiger partial charge in [-0.15, -0.1) is 0 Å². The zero-order valence-electron chi connectivity index (χ0n) is 9.66. The maximum atomic E-state index is 11.7. The Balaban J connectivity index is 1.77. The van der Waals surface area contributed by atoms with Gasteiger partial charge in [-0.2, -0.15) is 0 Å². The van der Waals surface area contributed by atoms with Crippen LogP contribution in [0.25, 0.3) is 0 Å². The first-order valence-corrected chi connectivity index (χ1v) is 6.71. The van der Waals surface area contributed by atoms with Crippen LogP contribution in [0.5, 0.6) is 0 Å². The predicted molar refractivity (Wildman–Crippen MR) is 72.5 cm³/mol. The Morgan fingerprint density at radius 3 is 3.06 bits per heavy atom. The Kier molecular flexibility index (Phi) is 4.37. The van der Waals surface area contributed by atoms with E-state index >= 15 is 0 Å². The molecule has 1 aromatic carbocycles. The first-order valence-electron chi connectivity index (χ1n) is 5.92. The molecule has 1 N–H and O–H groups in total. The molecule has 0 radical (unpaired) electrons. The lowest BCUT2D eigenvalue weighted by Crippen LogP contribution is -2.24. The van der Waals surface area contributed by atoms with Gasteiger partial charge < -0.3 is 5.32 Å². The lowest BCUT2D eigenvalue weighted by molar-refractivity contribution is -0.121. The maximum Gasteiger partial charge on any atom is 0.220 e. The smallest absolute Gasteiger partial charge is 0.220 e. The van der Waals surface area contributed by atoms with E-state index in [1.807, 2.05) is 24.3 Å². The van der Waals surface area contributed by atoms with Gasteiger partial charge in [0.2, 0.25) is 5.91 Å². The van der Waals surface area contributed by atoms with Crippen molar-refractivity contribution in [2.75, 3.05) is 0 Å². The van der Waals surface area contributed by atoms with Gasteiger partial charge in [0.15, 0.2) is 0 Å². The van der Waals surface area contributed by atoms with Crippen LogP contribution in [-0.2, 0) is 11.3 Å². The number of nitrogens with one attached hydrogen (secondary N) is 1. The lowest BCUT2D eigenvalue weighted by atomic mass is 10.1. The van der Waals surface area contributed by atoms with E-state index in [9.17, 15) is 4.79 Å². The topological polar surface area (TPSA) is 29.1 Å². The minimum Gasteiger partial charge on any atom is -0.352 e. The number of amides is 1. The van der Waals surface area contributed by atoms with Gasteiger partial charge in [0.1, 0.15) is 0 Å². The molecule has 0 aliphatic heterocycles. The molecule has 0 saturated carbocycles. The van der Waals surface area contributed by atoms with Gasteiger partial charge in [0.05, 0.1) is 0 Å². The number of benzene rings is 1. The van der Waals surface area contributed by atoms with Crippen molar-refractivity contribution in [1.29, 1.82) is 0 Å². The molecule has 17 heavy (non-hydrogen) atoms. The third-order valence-electron chi connectivity index (χ3n) is 2.94. The summed E-state index contributed by atoms with van der Waals surface area (Å²) in [6, 6.07) is 8.00. The van der Waals surface area contributed by atoms with Gasteiger partial charge in [0, 0.05) is 17.4 Å². The molecule has 0 fully saturated rings. The van der Waals surface area contributed by atoms with E-state index in [4.69, 9.17) is 0 Å². The van der Waals surface area contributed by atoms with Crippen molar-refractivity contribution in [3.63, 3.8) is 0 Å². The van der Waals surface area contributed by atoms with Crippen molar-refractivity contribution >= 4 is 21.8 Å². The third-order valence-corrected chi connectivity index (χ3v) is 3.43. The Hall–Kier alpha value is -1.09. The second-order valence-electron chi connectivity index (χ2n) is 4.38. The van der Waals surface area contributed by atoms with Gasteiger partial charge >= 0.3 is 0 Å². The number of hydrogen-bond acceptors (Lipinski definition) is 1. The van der Waals surface area contributed by atoms with Crippen LogP contribution in [-0.4, -0.2) is 5.91 Å². The van der Waals surface area contributed by atoms with Crippen molar-refractivity contribution in [3.05, 3.63) is 46.5 Å². The predicted octanol–water partition coefficient (Wildman–Crippen LogP) is 3.42. The minimum atomic E-state index is 0.140. The molecule has 3 heteroatoms. The largest absolute Gasteiger partial charge is 0.352 e. The Labute approximate surface area is 110 Å². The normalized spacial score (nSPS) is 18.3. The van der Waals surface area contributed by atoms with Crippen molar-refractivity contribution < 1.29 is 4.79 Å². The zero-order chi connectivity index (χ0) is 12.1. The fourth-order valence-corrected chi connectivity index (χ4v) is 2.47. The van der Waals surface area contributed by atoms with Crippen molar-refractivity contribution in [2.45, 2.75) is 25.8 Å². The molecule has 1 amide bonds. The molecule has 0 saturated heterocycles. The molecule has 0 spiro atoms. The highest BCUT2D eigenvalue weighted by atomic mass is 79.9. The van der Waals surface area contributed by atoms with E-state index in [-0.39, 0.29) is 5.91 Å². The van der Waals surface area contributed by atoms with Crippen LogP contribution in [0.15, 0.2) is 40.9 Å². The first-order chi connectivity index (χ1) is 8.24. The number of carbonyl (C=O) groups is 1. The van der Waals surface area contributed by atoms with E-state index in [0.717, 1.165) is 22.9 Å². The molecule has 1 aromatic rings. The third kappa shape index (κ3) is 4.00. The summed E-state index contributed by atoms with van der Waals surface area (Å²) in [5, 5.41) is 2.96. The van der Waals surface area contributed by atoms with Gasteiger partial charge in [-0.05, 0) is 36.5 Å². The van der Waals surface area contributed by atoms with Crippen molar-refractivity contribution in [3.8, 4) is 0 Å². The van der Waals surface area contributed by atoms with Crippen LogP contribution in [0.2, 0.25) is 0 Å². The molecular formula is C14H16BrNO. The van der Waals surface area contributed by atoms with Crippen LogP contribution in [0.3, 0.4) is 0 Å². The molecule has 2 rings (SSSR count). The second kappa shape index (κ2) is 6.01. The molecule has 2 nitrogen and oxygen atoms in total. The summed E-state index contributed by atoms with van der Waals surface area (Å²) >= 11 is 3.42. The molecule has 0 aromatic heterocycles. The number of allylic oxidation sites excluding steroid dienone is 2. The van der Waals surface area contributed by atoms with E-state index in [0.29, 0.717) is 18.9 Å². The summed E-state index contributed by atoms with van der Waals surface area (Å²) < 4.78 is 1.04. The second-order valence-corrected chi connectivity index (χ2v) is 5.29. The highest BCUT2D eigenvalue weighted by Crippen LogP contribution is 2.20. The molecule has 0 heterocycles. The summed E-state index contributed by atoms with van der Waals surface area (Å²) in [5.41, 5.74) is 1.12. The van der Waals surface area contributed by atoms with E-state index in [1.54, 1.807) is 0 Å². The average Bonchev–Trinajstić information content (AvgIpc) is 2.79. The highest BCUT2D eigenvalue weighted by molar-refractivity contribution is 9.10. The highest BCUT2D eigenvalue weighted by Gasteiger charge is 2.13. The van der Waals surface area contributed by atoms with Crippen molar-refractivity contribution in [2.24, 2.45) is 5.92 Å². The quantitative estimate of drug-likeness (QED) is 0.847. The molecular weight excluding hydrogens is 278 g/mol. The van der Waals surface area contributed by atoms with E-state index in [2.05, 4.69) is 33.4 Å². The Morgan fingerprint density at radius 1 is 1.47 bits per heavy atom. The molecule has 1 unspecified atom stereocenters. The van der Waals surface area contributed by atoms with Gasteiger partial charge in [0.25, 0.3) is 0 Å². The summed E-state index contributed by atoms with van der Waals surface area (Å²) in [7, 11) is 0. The maximum absolute atomic E-state index is 11.7. The Bertz CT molecular complexity index is 428. The summed E-state index contributed by atoms with van der Waals surface area (Å²) in [4.78, 5) is 11.7. The number of halogens is 1. The van der Waals surface area contributed by atoms with Crippen LogP contribution in [0.4, 0.5) is 0 Å². The summed E-state index contributed by atoms with van der Waals surface area (Å²) in [6.45, 7) is 0.606. The number of carbonyl (C=O) groups excluding carboxylic acids is 1. The number of rotatable bonds is 4. The van der Waals surface area contributed by atoms with Crippen LogP contribution < -0.4 is 5.32 Å². The van der Waals surface area contributed by atoms with Crippen molar-refractivity contribution in [1.82, 2.24) is 5.32 Å². The molecule has 90 valence electrons. The fraction of sp³-hybridized carbons (Fsp3) is 0.357. The molecule has 1 aliphatic rings. The first kappa shape index (κ1) is 12.4. The van der Waals surface area contributed by atoms with E-state index < -0.39 is 0 Å². The van der Waals surface area contributed by atoms with Crippen LogP contribution in [0, 0.1) is 5.92 Å². The van der Waals surface area contributed by atoms with E-state index in [1.165, 1.54) is 0 Å². The van der Waals surface area contributed by atoms with Gasteiger partial charge in [-0.25, -0.2) is 0 Å². The fourth-order valence-electron chi connectivity index (χ4n) is 2.02. The monoisotopic (exact) mass is 293 g/mol. The van der Waals surface area contributed by atoms with Gasteiger partial charge in [-0.1, -0.05) is 40.2 Å². The Morgan fingerprint density at radius 2 is 2.35 bits per heavy atom. The summed E-state index contributed by atoms with van der Waals surface area (Å²) in [5.74, 6) is 0.582. The summed E-state index contributed by atoms with van der Waals surface area (Å²) in [6.07, 6.45) is 7.16. The number of hydrogen-bond donors (Lipinski definition) is 1. The molecule has 1 atom stereocenters. The zero-order valence-corrected chi connectivity index (χ0v) is 11.2. The average molecular weight is 294 g/mol. The van der Waals surface area contributed by atoms with Gasteiger partial charge in [-0.3, -0.25) is 4.79 Å². The standard InChI is InChI=1S/C14H16BrNO/c15-13-7-3-6-12(8-13)10-16-14(17)9-11-4-1-2-5-11/h1,3-4,6-8,11H,2,5,9-10H2,(H,16,17).